The number of pyridine rings is 1. The van der Waals surface area contributed by atoms with E-state index in [1.54, 1.807) is 0 Å². The standard InChI is InChI=1S/C7H3ClF2N2O4/c8-6(14)5-3(13)1-2(12(15)16)4(11-5)7(9)10/h1,7,13H. The zero-order valence-electron chi connectivity index (χ0n) is 7.35. The Morgan fingerprint density at radius 3 is 2.56 bits per heavy atom. The fourth-order valence-electron chi connectivity index (χ4n) is 0.958. The van der Waals surface area contributed by atoms with Gasteiger partial charge in [0, 0.05) is 0 Å². The first-order valence-electron chi connectivity index (χ1n) is 3.71. The molecule has 1 aromatic heterocycles. The average Bonchev–Trinajstić information content (AvgIpc) is 2.15. The van der Waals surface area contributed by atoms with Crippen molar-refractivity contribution in [3.63, 3.8) is 0 Å². The molecular weight excluding hydrogens is 250 g/mol. The van der Waals surface area contributed by atoms with Gasteiger partial charge in [-0.2, -0.15) is 0 Å². The molecule has 0 unspecified atom stereocenters. The van der Waals surface area contributed by atoms with E-state index >= 15 is 0 Å². The molecule has 0 aliphatic rings. The topological polar surface area (TPSA) is 93.3 Å². The van der Waals surface area contributed by atoms with Gasteiger partial charge >= 0.3 is 0 Å². The van der Waals surface area contributed by atoms with Gasteiger partial charge in [-0.3, -0.25) is 14.9 Å². The molecule has 0 amide bonds. The highest BCUT2D eigenvalue weighted by Crippen LogP contribution is 2.32. The molecule has 6 nitrogen and oxygen atoms in total. The molecule has 0 aliphatic heterocycles. The monoisotopic (exact) mass is 252 g/mol. The van der Waals surface area contributed by atoms with Gasteiger partial charge in [0.25, 0.3) is 17.4 Å². The van der Waals surface area contributed by atoms with Gasteiger partial charge in [0.2, 0.25) is 0 Å². The van der Waals surface area contributed by atoms with Gasteiger partial charge in [-0.1, -0.05) is 0 Å². The predicted octanol–water partition coefficient (Wildman–Crippen LogP) is 2.01. The smallest absolute Gasteiger partial charge is 0.300 e. The number of nitrogens with zero attached hydrogens (tertiary/aromatic N) is 2. The van der Waals surface area contributed by atoms with Crippen molar-refractivity contribution in [2.24, 2.45) is 0 Å². The lowest BCUT2D eigenvalue weighted by Crippen LogP contribution is -2.04. The summed E-state index contributed by atoms with van der Waals surface area (Å²) in [6.07, 6.45) is -3.25. The fourth-order valence-corrected chi connectivity index (χ4v) is 1.10. The van der Waals surface area contributed by atoms with Crippen molar-refractivity contribution in [1.82, 2.24) is 4.98 Å². The third-order valence-corrected chi connectivity index (χ3v) is 1.78. The summed E-state index contributed by atoms with van der Waals surface area (Å²) < 4.78 is 24.7. The summed E-state index contributed by atoms with van der Waals surface area (Å²) in [5.41, 5.74) is -3.14. The van der Waals surface area contributed by atoms with E-state index in [-0.39, 0.29) is 0 Å². The van der Waals surface area contributed by atoms with Crippen LogP contribution in [-0.2, 0) is 0 Å². The lowest BCUT2D eigenvalue weighted by atomic mass is 10.2. The molecule has 9 heteroatoms. The highest BCUT2D eigenvalue weighted by molar-refractivity contribution is 6.67. The van der Waals surface area contributed by atoms with Crippen LogP contribution in [0.4, 0.5) is 14.5 Å². The minimum absolute atomic E-state index is 0.407. The number of aromatic nitrogens is 1. The summed E-state index contributed by atoms with van der Waals surface area (Å²) in [4.78, 5) is 22.8. The largest absolute Gasteiger partial charge is 0.505 e. The molecule has 1 rings (SSSR count). The van der Waals surface area contributed by atoms with E-state index < -0.39 is 39.4 Å². The quantitative estimate of drug-likeness (QED) is 0.504. The Labute approximate surface area is 91.6 Å². The number of aromatic hydroxyl groups is 1. The van der Waals surface area contributed by atoms with Crippen molar-refractivity contribution < 1.29 is 23.6 Å². The Morgan fingerprint density at radius 1 is 1.62 bits per heavy atom. The predicted molar refractivity (Wildman–Crippen MR) is 47.7 cm³/mol. The summed E-state index contributed by atoms with van der Waals surface area (Å²) in [5, 5.41) is 18.2. The van der Waals surface area contributed by atoms with Gasteiger partial charge in [-0.15, -0.1) is 0 Å². The maximum atomic E-state index is 12.4. The number of nitro groups is 1. The zero-order chi connectivity index (χ0) is 12.5. The number of carbonyl (C=O) groups is 1. The second-order valence-corrected chi connectivity index (χ2v) is 2.94. The molecule has 0 radical (unpaired) electrons. The van der Waals surface area contributed by atoms with Crippen molar-refractivity contribution in [3.05, 3.63) is 27.6 Å². The van der Waals surface area contributed by atoms with Crippen LogP contribution in [-0.4, -0.2) is 20.3 Å². The maximum Gasteiger partial charge on any atom is 0.300 e. The highest BCUT2D eigenvalue weighted by Gasteiger charge is 2.27. The molecule has 1 heterocycles. The number of hydrogen-bond acceptors (Lipinski definition) is 5. The summed E-state index contributed by atoms with van der Waals surface area (Å²) in [6.45, 7) is 0. The Morgan fingerprint density at radius 2 is 2.19 bits per heavy atom. The number of alkyl halides is 2. The van der Waals surface area contributed by atoms with E-state index in [4.69, 9.17) is 16.7 Å². The second-order valence-electron chi connectivity index (χ2n) is 2.59. The van der Waals surface area contributed by atoms with E-state index in [1.807, 2.05) is 0 Å². The van der Waals surface area contributed by atoms with Gasteiger partial charge in [0.05, 0.1) is 11.0 Å². The van der Waals surface area contributed by atoms with Crippen LogP contribution in [0.2, 0.25) is 0 Å². The minimum Gasteiger partial charge on any atom is -0.505 e. The Hall–Kier alpha value is -1.83. The molecule has 1 aromatic rings. The maximum absolute atomic E-state index is 12.4. The van der Waals surface area contributed by atoms with Crippen molar-refractivity contribution in [2.75, 3.05) is 0 Å². The molecule has 0 bridgehead atoms. The van der Waals surface area contributed by atoms with Crippen molar-refractivity contribution in [3.8, 4) is 5.75 Å². The van der Waals surface area contributed by atoms with E-state index in [2.05, 4.69) is 4.98 Å². The lowest BCUT2D eigenvalue weighted by molar-refractivity contribution is -0.386. The van der Waals surface area contributed by atoms with Crippen LogP contribution in [0.5, 0.6) is 5.75 Å². The van der Waals surface area contributed by atoms with Crippen LogP contribution in [0.3, 0.4) is 0 Å². The number of carbonyl (C=O) groups excluding carboxylic acids is 1. The second kappa shape index (κ2) is 4.35. The van der Waals surface area contributed by atoms with Gasteiger partial charge < -0.3 is 5.11 Å². The number of hydrogen-bond donors (Lipinski definition) is 1. The lowest BCUT2D eigenvalue weighted by Gasteiger charge is -2.04. The van der Waals surface area contributed by atoms with Crippen LogP contribution >= 0.6 is 11.6 Å². The third kappa shape index (κ3) is 2.22. The number of rotatable bonds is 3. The Bertz CT molecular complexity index is 466. The van der Waals surface area contributed by atoms with Crippen LogP contribution < -0.4 is 0 Å². The summed E-state index contributed by atoms with van der Waals surface area (Å²) >= 11 is 4.94. The molecule has 16 heavy (non-hydrogen) atoms. The summed E-state index contributed by atoms with van der Waals surface area (Å²) in [7, 11) is 0. The zero-order valence-corrected chi connectivity index (χ0v) is 8.11. The molecule has 1 N–H and O–H groups in total. The van der Waals surface area contributed by atoms with Crippen LogP contribution in [0.25, 0.3) is 0 Å². The molecule has 0 aromatic carbocycles. The molecule has 86 valence electrons. The summed E-state index contributed by atoms with van der Waals surface area (Å²) in [5.74, 6) is -0.920. The van der Waals surface area contributed by atoms with E-state index in [1.165, 1.54) is 0 Å². The molecular formula is C7H3ClF2N2O4. The molecule has 0 aliphatic carbocycles. The van der Waals surface area contributed by atoms with Crippen molar-refractivity contribution >= 4 is 22.5 Å². The molecule has 0 saturated heterocycles. The Kier molecular flexibility index (Phi) is 3.33. The van der Waals surface area contributed by atoms with E-state index in [0.717, 1.165) is 0 Å². The van der Waals surface area contributed by atoms with Crippen molar-refractivity contribution in [1.29, 1.82) is 0 Å². The van der Waals surface area contributed by atoms with Crippen LogP contribution in [0.1, 0.15) is 22.6 Å². The van der Waals surface area contributed by atoms with Gasteiger partial charge in [-0.25, -0.2) is 13.8 Å². The molecule has 0 saturated carbocycles. The van der Waals surface area contributed by atoms with Gasteiger partial charge in [0.15, 0.2) is 17.1 Å². The first kappa shape index (κ1) is 12.2. The van der Waals surface area contributed by atoms with Gasteiger partial charge in [0.1, 0.15) is 0 Å². The van der Waals surface area contributed by atoms with Crippen LogP contribution in [0.15, 0.2) is 6.07 Å². The number of halogens is 3. The van der Waals surface area contributed by atoms with Crippen molar-refractivity contribution in [2.45, 2.75) is 6.43 Å². The first-order valence-corrected chi connectivity index (χ1v) is 4.08. The first-order chi connectivity index (χ1) is 7.34. The SMILES string of the molecule is O=C(Cl)c1nc(C(F)F)c([N+](=O)[O-])cc1O. The average molecular weight is 253 g/mol. The normalized spacial score (nSPS) is 10.5. The third-order valence-electron chi connectivity index (χ3n) is 1.60. The molecule has 0 fully saturated rings. The van der Waals surface area contributed by atoms with Gasteiger partial charge in [-0.05, 0) is 11.6 Å². The fraction of sp³-hybridized carbons (Fsp3) is 0.143. The highest BCUT2D eigenvalue weighted by atomic mass is 35.5. The Balaban J connectivity index is 3.49. The minimum atomic E-state index is -3.25. The summed E-state index contributed by atoms with van der Waals surface area (Å²) in [6, 6.07) is 0.407. The molecule has 0 atom stereocenters. The van der Waals surface area contributed by atoms with E-state index in [0.29, 0.717) is 6.07 Å². The van der Waals surface area contributed by atoms with E-state index in [9.17, 15) is 23.7 Å². The molecule has 0 spiro atoms. The van der Waals surface area contributed by atoms with Crippen LogP contribution in [0, 0.1) is 10.1 Å².